The zero-order valence-electron chi connectivity index (χ0n) is 16.3. The second-order valence-corrected chi connectivity index (χ2v) is 9.01. The number of pyridine rings is 1. The van der Waals surface area contributed by atoms with E-state index >= 15 is 0 Å². The molecule has 1 aliphatic heterocycles. The molecule has 0 saturated heterocycles. The van der Waals surface area contributed by atoms with Crippen LogP contribution in [-0.4, -0.2) is 25.2 Å². The Morgan fingerprint density at radius 1 is 1.13 bits per heavy atom. The number of aromatic nitrogens is 1. The van der Waals surface area contributed by atoms with Crippen LogP contribution in [0.4, 0.5) is 5.69 Å². The van der Waals surface area contributed by atoms with Crippen LogP contribution in [0.1, 0.15) is 34.5 Å². The van der Waals surface area contributed by atoms with Crippen LogP contribution in [0.15, 0.2) is 77.8 Å². The Kier molecular flexibility index (Phi) is 5.10. The fraction of sp³-hybridized carbons (Fsp3) is 0.174. The molecular formula is C23H19N3O3S. The van der Waals surface area contributed by atoms with Gasteiger partial charge in [-0.1, -0.05) is 36.4 Å². The zero-order valence-corrected chi connectivity index (χ0v) is 17.1. The summed E-state index contributed by atoms with van der Waals surface area (Å²) in [5.74, 6) is -1.58. The van der Waals surface area contributed by atoms with E-state index in [9.17, 15) is 18.5 Å². The first-order valence-corrected chi connectivity index (χ1v) is 10.9. The first kappa shape index (κ1) is 19.8. The summed E-state index contributed by atoms with van der Waals surface area (Å²) in [6, 6.07) is 20.0. The van der Waals surface area contributed by atoms with Gasteiger partial charge in [0.1, 0.15) is 0 Å². The molecule has 2 heterocycles. The summed E-state index contributed by atoms with van der Waals surface area (Å²) < 4.78 is 28.3. The van der Waals surface area contributed by atoms with Crippen LogP contribution >= 0.6 is 0 Å². The molecule has 0 spiro atoms. The van der Waals surface area contributed by atoms with Crippen LogP contribution in [0.2, 0.25) is 0 Å². The maximum Gasteiger partial charge on any atom is 0.264 e. The lowest BCUT2D eigenvalue weighted by molar-refractivity contribution is 0.0977. The highest BCUT2D eigenvalue weighted by atomic mass is 32.2. The Hall–Kier alpha value is -3.50. The fourth-order valence-corrected chi connectivity index (χ4v) is 5.54. The second kappa shape index (κ2) is 7.73. The molecule has 0 N–H and O–H groups in total. The lowest BCUT2D eigenvalue weighted by Gasteiger charge is -2.24. The van der Waals surface area contributed by atoms with Crippen molar-refractivity contribution in [1.82, 2.24) is 4.98 Å². The van der Waals surface area contributed by atoms with Gasteiger partial charge < -0.3 is 0 Å². The molecular weight excluding hydrogens is 398 g/mol. The Bertz CT molecular complexity index is 1250. The van der Waals surface area contributed by atoms with E-state index in [1.165, 1.54) is 34.8 Å². The van der Waals surface area contributed by atoms with Crippen molar-refractivity contribution in [3.8, 4) is 6.07 Å². The minimum atomic E-state index is -3.87. The van der Waals surface area contributed by atoms with Crippen LogP contribution in [0, 0.1) is 11.3 Å². The number of sulfonamides is 1. The number of benzene rings is 2. The third-order valence-corrected chi connectivity index (χ3v) is 7.12. The zero-order chi connectivity index (χ0) is 21.3. The van der Waals surface area contributed by atoms with Crippen molar-refractivity contribution in [1.29, 1.82) is 5.26 Å². The Morgan fingerprint density at radius 2 is 1.90 bits per heavy atom. The highest BCUT2D eigenvalue weighted by Crippen LogP contribution is 2.36. The molecule has 150 valence electrons. The average molecular weight is 417 g/mol. The van der Waals surface area contributed by atoms with Crippen LogP contribution in [0.3, 0.4) is 0 Å². The molecule has 7 heteroatoms. The number of nitriles is 1. The maximum atomic E-state index is 13.4. The van der Waals surface area contributed by atoms with Crippen molar-refractivity contribution in [2.45, 2.75) is 30.2 Å². The van der Waals surface area contributed by atoms with Gasteiger partial charge in [0.25, 0.3) is 10.0 Å². The molecule has 2 atom stereocenters. The molecule has 1 aromatic heterocycles. The van der Waals surface area contributed by atoms with Gasteiger partial charge >= 0.3 is 0 Å². The Morgan fingerprint density at radius 3 is 2.63 bits per heavy atom. The summed E-state index contributed by atoms with van der Waals surface area (Å²) in [4.78, 5) is 17.1. The molecule has 0 bridgehead atoms. The van der Waals surface area contributed by atoms with E-state index < -0.39 is 21.7 Å². The summed E-state index contributed by atoms with van der Waals surface area (Å²) in [7, 11) is -3.87. The largest absolute Gasteiger partial charge is 0.292 e. The third kappa shape index (κ3) is 3.36. The topological polar surface area (TPSA) is 91.1 Å². The van der Waals surface area contributed by atoms with Gasteiger partial charge in [-0.15, -0.1) is 0 Å². The molecule has 0 amide bonds. The van der Waals surface area contributed by atoms with Crippen molar-refractivity contribution < 1.29 is 13.2 Å². The van der Waals surface area contributed by atoms with Gasteiger partial charge in [-0.25, -0.2) is 8.42 Å². The van der Waals surface area contributed by atoms with Crippen LogP contribution in [0.5, 0.6) is 0 Å². The van der Waals surface area contributed by atoms with E-state index in [4.69, 9.17) is 0 Å². The molecule has 3 aromatic rings. The summed E-state index contributed by atoms with van der Waals surface area (Å²) >= 11 is 0. The summed E-state index contributed by atoms with van der Waals surface area (Å²) in [5, 5.41) is 9.52. The van der Waals surface area contributed by atoms with Crippen LogP contribution in [0.25, 0.3) is 0 Å². The summed E-state index contributed by atoms with van der Waals surface area (Å²) in [6.07, 6.45) is 2.14. The summed E-state index contributed by atoms with van der Waals surface area (Å²) in [5.41, 5.74) is 2.12. The van der Waals surface area contributed by atoms with E-state index in [1.54, 1.807) is 24.3 Å². The number of rotatable bonds is 5. The van der Waals surface area contributed by atoms with Gasteiger partial charge in [-0.2, -0.15) is 5.26 Å². The van der Waals surface area contributed by atoms with Gasteiger partial charge in [0.15, 0.2) is 11.7 Å². The number of Topliss-reactive ketones (excluding diaryl/α,β-unsaturated/α-hetero) is 1. The van der Waals surface area contributed by atoms with Gasteiger partial charge in [0.05, 0.1) is 22.3 Å². The maximum absolute atomic E-state index is 13.4. The molecule has 6 nitrogen and oxygen atoms in total. The van der Waals surface area contributed by atoms with Crippen molar-refractivity contribution >= 4 is 21.5 Å². The molecule has 0 fully saturated rings. The number of nitrogens with zero attached hydrogens (tertiary/aromatic N) is 3. The Balaban J connectivity index is 1.72. The first-order chi connectivity index (χ1) is 14.4. The van der Waals surface area contributed by atoms with E-state index in [0.717, 1.165) is 5.56 Å². The van der Waals surface area contributed by atoms with Gasteiger partial charge in [-0.05, 0) is 49.2 Å². The highest BCUT2D eigenvalue weighted by molar-refractivity contribution is 7.92. The molecule has 0 radical (unpaired) electrons. The molecule has 4 rings (SSSR count). The minimum absolute atomic E-state index is 0.0228. The minimum Gasteiger partial charge on any atom is -0.292 e. The monoisotopic (exact) mass is 417 g/mol. The number of hydrogen-bond acceptors (Lipinski definition) is 5. The van der Waals surface area contributed by atoms with Crippen molar-refractivity contribution in [2.75, 3.05) is 4.31 Å². The van der Waals surface area contributed by atoms with Gasteiger partial charge in [-0.3, -0.25) is 14.1 Å². The molecule has 0 unspecified atom stereocenters. The number of ketones is 1. The SMILES string of the molecule is C[C@H]1Cc2ccccc2N1S(=O)(=O)c1cccc(C(=O)[C@H](C#N)c2ccccn2)c1. The first-order valence-electron chi connectivity index (χ1n) is 9.50. The van der Waals surface area contributed by atoms with Gasteiger partial charge in [0, 0.05) is 17.8 Å². The van der Waals surface area contributed by atoms with Gasteiger partial charge in [0.2, 0.25) is 0 Å². The van der Waals surface area contributed by atoms with Crippen LogP contribution in [-0.2, 0) is 16.4 Å². The predicted molar refractivity (Wildman–Crippen MR) is 113 cm³/mol. The lowest BCUT2D eigenvalue weighted by Crippen LogP contribution is -2.35. The number of hydrogen-bond donors (Lipinski definition) is 0. The smallest absolute Gasteiger partial charge is 0.264 e. The van der Waals surface area contributed by atoms with Crippen molar-refractivity contribution in [3.63, 3.8) is 0 Å². The Labute approximate surface area is 175 Å². The fourth-order valence-electron chi connectivity index (χ4n) is 3.80. The second-order valence-electron chi connectivity index (χ2n) is 7.19. The number of para-hydroxylation sites is 1. The summed E-state index contributed by atoms with van der Waals surface area (Å²) in [6.45, 7) is 1.86. The third-order valence-electron chi connectivity index (χ3n) is 5.19. The van der Waals surface area contributed by atoms with E-state index in [-0.39, 0.29) is 16.5 Å². The highest BCUT2D eigenvalue weighted by Gasteiger charge is 2.36. The van der Waals surface area contributed by atoms with Crippen molar-refractivity contribution in [3.05, 3.63) is 89.7 Å². The average Bonchev–Trinajstić information content (AvgIpc) is 3.11. The molecule has 0 aliphatic carbocycles. The lowest BCUT2D eigenvalue weighted by atomic mass is 9.95. The number of carbonyl (C=O) groups is 1. The number of anilines is 1. The molecule has 2 aromatic carbocycles. The van der Waals surface area contributed by atoms with E-state index in [2.05, 4.69) is 4.98 Å². The molecule has 30 heavy (non-hydrogen) atoms. The predicted octanol–water partition coefficient (Wildman–Crippen LogP) is 3.71. The quantitative estimate of drug-likeness (QED) is 0.590. The van der Waals surface area contributed by atoms with Crippen molar-refractivity contribution in [2.24, 2.45) is 0 Å². The molecule has 0 saturated carbocycles. The molecule has 1 aliphatic rings. The van der Waals surface area contributed by atoms with Crippen LogP contribution < -0.4 is 4.31 Å². The number of fused-ring (bicyclic) bond motifs is 1. The van der Waals surface area contributed by atoms with E-state index in [0.29, 0.717) is 17.8 Å². The number of carbonyl (C=O) groups excluding carboxylic acids is 1. The van der Waals surface area contributed by atoms with E-state index in [1.807, 2.05) is 31.2 Å². The normalized spacial score (nSPS) is 16.5. The standard InChI is InChI=1S/C23H19N3O3S/c1-16-13-17-7-2-3-11-22(17)26(16)30(28,29)19-9-6-8-18(14-19)23(27)20(15-24)21-10-4-5-12-25-21/h2-12,14,16,20H,13H2,1H3/t16-,20+/m0/s1.